The fraction of sp³-hybridized carbons (Fsp3) is 0.179. The van der Waals surface area contributed by atoms with E-state index in [4.69, 9.17) is 21.1 Å². The average molecular weight is 521 g/mol. The van der Waals surface area contributed by atoms with Crippen molar-refractivity contribution < 1.29 is 19.1 Å². The summed E-state index contributed by atoms with van der Waals surface area (Å²) in [6.45, 7) is 5.98. The predicted octanol–water partition coefficient (Wildman–Crippen LogP) is 6.73. The number of fused-ring (bicyclic) bond motifs is 1. The molecular weight excluding hydrogens is 496 g/mol. The Kier molecular flexibility index (Phi) is 8.03. The quantitative estimate of drug-likeness (QED) is 0.121. The molecule has 3 aromatic carbocycles. The van der Waals surface area contributed by atoms with Crippen LogP contribution in [0.25, 0.3) is 10.1 Å². The summed E-state index contributed by atoms with van der Waals surface area (Å²) in [6, 6.07) is 20.3. The highest BCUT2D eigenvalue weighted by Gasteiger charge is 2.19. The summed E-state index contributed by atoms with van der Waals surface area (Å²) in [5.74, 6) is 0.463. The van der Waals surface area contributed by atoms with E-state index in [9.17, 15) is 9.59 Å². The smallest absolute Gasteiger partial charge is 0.355 e. The topological polar surface area (TPSA) is 77.0 Å². The van der Waals surface area contributed by atoms with Gasteiger partial charge in [-0.2, -0.15) is 5.10 Å². The van der Waals surface area contributed by atoms with E-state index >= 15 is 0 Å². The maximum atomic E-state index is 12.7. The van der Waals surface area contributed by atoms with Crippen molar-refractivity contribution in [3.8, 4) is 11.5 Å². The van der Waals surface area contributed by atoms with E-state index in [1.165, 1.54) is 17.6 Å². The third-order valence-electron chi connectivity index (χ3n) is 5.43. The second kappa shape index (κ2) is 11.4. The molecule has 4 rings (SSSR count). The average Bonchev–Trinajstić information content (AvgIpc) is 3.20. The predicted molar refractivity (Wildman–Crippen MR) is 145 cm³/mol. The Labute approximate surface area is 218 Å². The Bertz CT molecular complexity index is 1440. The number of aryl methyl sites for hydroxylation is 1. The van der Waals surface area contributed by atoms with Crippen molar-refractivity contribution >= 4 is 51.1 Å². The minimum Gasteiger partial charge on any atom is -0.483 e. The lowest BCUT2D eigenvalue weighted by molar-refractivity contribution is -0.123. The van der Waals surface area contributed by atoms with Gasteiger partial charge in [0.05, 0.1) is 11.2 Å². The van der Waals surface area contributed by atoms with Gasteiger partial charge in [-0.05, 0) is 53.8 Å². The van der Waals surface area contributed by atoms with E-state index in [1.807, 2.05) is 43.3 Å². The minimum absolute atomic E-state index is 0.159. The molecule has 8 heteroatoms. The van der Waals surface area contributed by atoms with Gasteiger partial charge in [-0.15, -0.1) is 11.3 Å². The number of amides is 1. The van der Waals surface area contributed by atoms with E-state index in [0.29, 0.717) is 32.9 Å². The molecule has 1 aromatic heterocycles. The van der Waals surface area contributed by atoms with Gasteiger partial charge in [0.15, 0.2) is 6.61 Å². The monoisotopic (exact) mass is 520 g/mol. The number of halogens is 1. The number of hydrogen-bond donors (Lipinski definition) is 1. The highest BCUT2D eigenvalue weighted by atomic mass is 35.5. The van der Waals surface area contributed by atoms with E-state index in [1.54, 1.807) is 24.3 Å². The van der Waals surface area contributed by atoms with Gasteiger partial charge in [-0.3, -0.25) is 4.79 Å². The summed E-state index contributed by atoms with van der Waals surface area (Å²) < 4.78 is 12.1. The first-order valence-electron chi connectivity index (χ1n) is 11.4. The Balaban J connectivity index is 1.33. The molecular formula is C28H25ClN2O4S. The van der Waals surface area contributed by atoms with Crippen molar-refractivity contribution in [1.29, 1.82) is 0 Å². The van der Waals surface area contributed by atoms with Crippen LogP contribution in [0.5, 0.6) is 11.5 Å². The van der Waals surface area contributed by atoms with Crippen molar-refractivity contribution in [2.24, 2.45) is 5.10 Å². The normalized spacial score (nSPS) is 11.2. The first kappa shape index (κ1) is 25.4. The summed E-state index contributed by atoms with van der Waals surface area (Å²) in [6.07, 6.45) is 1.46. The zero-order chi connectivity index (χ0) is 25.7. The molecule has 0 atom stereocenters. The van der Waals surface area contributed by atoms with E-state index in [0.717, 1.165) is 21.2 Å². The van der Waals surface area contributed by atoms with Crippen LogP contribution < -0.4 is 14.9 Å². The second-order valence-electron chi connectivity index (χ2n) is 8.46. The number of nitrogens with one attached hydrogen (secondary N) is 1. The zero-order valence-corrected chi connectivity index (χ0v) is 21.7. The largest absolute Gasteiger partial charge is 0.483 e. The number of carbonyl (C=O) groups is 2. The standard InChI is InChI=1S/C28H25ClN2O4S/c1-17(2)20-12-11-18(3)23(14-20)34-16-25(32)31-30-15-19-7-6-8-21(13-19)35-28(33)27-26(29)22-9-4-5-10-24(22)36-27/h4-15,17H,16H2,1-3H3,(H,31,32)/b30-15+. The third kappa shape index (κ3) is 6.11. The lowest BCUT2D eigenvalue weighted by atomic mass is 10.0. The minimum atomic E-state index is -0.530. The Morgan fingerprint density at radius 3 is 2.67 bits per heavy atom. The molecule has 0 aliphatic heterocycles. The number of thiophene rings is 1. The van der Waals surface area contributed by atoms with Gasteiger partial charge in [0, 0.05) is 10.1 Å². The van der Waals surface area contributed by atoms with Gasteiger partial charge in [-0.1, -0.05) is 67.9 Å². The van der Waals surface area contributed by atoms with Crippen LogP contribution in [-0.4, -0.2) is 24.7 Å². The Morgan fingerprint density at radius 1 is 1.08 bits per heavy atom. The lowest BCUT2D eigenvalue weighted by Gasteiger charge is -2.12. The van der Waals surface area contributed by atoms with Gasteiger partial charge in [0.25, 0.3) is 5.91 Å². The van der Waals surface area contributed by atoms with Gasteiger partial charge in [0.2, 0.25) is 0 Å². The number of esters is 1. The van der Waals surface area contributed by atoms with Crippen molar-refractivity contribution in [3.63, 3.8) is 0 Å². The number of ether oxygens (including phenoxy) is 2. The van der Waals surface area contributed by atoms with Gasteiger partial charge in [0.1, 0.15) is 16.4 Å². The maximum absolute atomic E-state index is 12.7. The zero-order valence-electron chi connectivity index (χ0n) is 20.1. The first-order chi connectivity index (χ1) is 17.3. The van der Waals surface area contributed by atoms with Crippen LogP contribution >= 0.6 is 22.9 Å². The van der Waals surface area contributed by atoms with Crippen molar-refractivity contribution in [2.45, 2.75) is 26.7 Å². The SMILES string of the molecule is Cc1ccc(C(C)C)cc1OCC(=O)N/N=C/c1cccc(OC(=O)c2sc3ccccc3c2Cl)c1. The Hall–Kier alpha value is -3.68. The summed E-state index contributed by atoms with van der Waals surface area (Å²) in [5.41, 5.74) is 5.19. The molecule has 0 aliphatic rings. The highest BCUT2D eigenvalue weighted by molar-refractivity contribution is 7.21. The number of hydrazone groups is 1. The molecule has 0 bridgehead atoms. The van der Waals surface area contributed by atoms with Crippen LogP contribution in [0.2, 0.25) is 5.02 Å². The molecule has 0 saturated carbocycles. The van der Waals surface area contributed by atoms with Crippen molar-refractivity contribution in [1.82, 2.24) is 5.43 Å². The number of rotatable bonds is 8. The van der Waals surface area contributed by atoms with Crippen LogP contribution in [0.3, 0.4) is 0 Å². The molecule has 1 heterocycles. The highest BCUT2D eigenvalue weighted by Crippen LogP contribution is 2.35. The van der Waals surface area contributed by atoms with Crippen LogP contribution in [0.4, 0.5) is 0 Å². The van der Waals surface area contributed by atoms with Crippen LogP contribution in [0.15, 0.2) is 71.8 Å². The van der Waals surface area contributed by atoms with Crippen LogP contribution in [0, 0.1) is 6.92 Å². The third-order valence-corrected chi connectivity index (χ3v) is 7.08. The molecule has 0 spiro atoms. The molecule has 1 N–H and O–H groups in total. The molecule has 1 amide bonds. The fourth-order valence-corrected chi connectivity index (χ4v) is 4.83. The van der Waals surface area contributed by atoms with Crippen molar-refractivity contribution in [2.75, 3.05) is 6.61 Å². The van der Waals surface area contributed by atoms with E-state index in [2.05, 4.69) is 30.4 Å². The lowest BCUT2D eigenvalue weighted by Crippen LogP contribution is -2.24. The molecule has 0 fully saturated rings. The van der Waals surface area contributed by atoms with Gasteiger partial charge >= 0.3 is 5.97 Å². The molecule has 0 radical (unpaired) electrons. The van der Waals surface area contributed by atoms with Crippen molar-refractivity contribution in [3.05, 3.63) is 93.3 Å². The maximum Gasteiger partial charge on any atom is 0.355 e. The summed E-state index contributed by atoms with van der Waals surface area (Å²) >= 11 is 7.67. The van der Waals surface area contributed by atoms with E-state index in [-0.39, 0.29) is 12.5 Å². The van der Waals surface area contributed by atoms with Crippen LogP contribution in [-0.2, 0) is 4.79 Å². The van der Waals surface area contributed by atoms with E-state index < -0.39 is 5.97 Å². The molecule has 0 aliphatic carbocycles. The Morgan fingerprint density at radius 2 is 1.89 bits per heavy atom. The fourth-order valence-electron chi connectivity index (χ4n) is 3.44. The molecule has 0 unspecified atom stereocenters. The second-order valence-corrected chi connectivity index (χ2v) is 9.89. The number of hydrogen-bond acceptors (Lipinski definition) is 6. The van der Waals surface area contributed by atoms with Gasteiger partial charge < -0.3 is 9.47 Å². The van der Waals surface area contributed by atoms with Crippen LogP contribution in [0.1, 0.15) is 46.1 Å². The molecule has 36 heavy (non-hydrogen) atoms. The molecule has 0 saturated heterocycles. The number of nitrogens with zero attached hydrogens (tertiary/aromatic N) is 1. The molecule has 6 nitrogen and oxygen atoms in total. The first-order valence-corrected chi connectivity index (χ1v) is 12.6. The molecule has 4 aromatic rings. The van der Waals surface area contributed by atoms with Gasteiger partial charge in [-0.25, -0.2) is 10.2 Å². The summed E-state index contributed by atoms with van der Waals surface area (Å²) in [4.78, 5) is 25.2. The summed E-state index contributed by atoms with van der Waals surface area (Å²) in [5, 5.41) is 5.18. The number of carbonyl (C=O) groups excluding carboxylic acids is 2. The summed E-state index contributed by atoms with van der Waals surface area (Å²) in [7, 11) is 0. The molecule has 184 valence electrons. The number of benzene rings is 3.